The summed E-state index contributed by atoms with van der Waals surface area (Å²) in [6.45, 7) is 0. The fourth-order valence-corrected chi connectivity index (χ4v) is 0. The van der Waals surface area contributed by atoms with Gasteiger partial charge in [-0.1, -0.05) is 0 Å². The number of hydrogen-bond acceptors (Lipinski definition) is 3. The minimum atomic E-state index is -1.50. The van der Waals surface area contributed by atoms with Gasteiger partial charge < -0.3 is 11.4 Å². The molecular weight excluding hydrogens is 132 g/mol. The van der Waals surface area contributed by atoms with Crippen LogP contribution in [0, 0.1) is 10.1 Å². The van der Waals surface area contributed by atoms with Gasteiger partial charge in [-0.3, -0.25) is 0 Å². The van der Waals surface area contributed by atoms with Gasteiger partial charge in [0.25, 0.3) is 5.09 Å². The molecule has 0 saturated heterocycles. The van der Waals surface area contributed by atoms with Crippen LogP contribution >= 0.6 is 0 Å². The topological polar surface area (TPSA) is 98.4 Å². The van der Waals surface area contributed by atoms with Crippen LogP contribution in [0.25, 0.3) is 0 Å². The van der Waals surface area contributed by atoms with Crippen molar-refractivity contribution < 1.29 is 27.4 Å². The third kappa shape index (κ3) is 257. The summed E-state index contributed by atoms with van der Waals surface area (Å²) in [4.78, 5) is 8.36. The van der Waals surface area contributed by atoms with E-state index in [0.717, 1.165) is 0 Å². The Hall–Kier alpha value is -0.321. The molecule has 0 atom stereocenters. The quantitative estimate of drug-likeness (QED) is 0.274. The van der Waals surface area contributed by atoms with E-state index in [1.807, 2.05) is 0 Å². The molecule has 0 saturated carbocycles. The molecule has 0 aliphatic heterocycles. The Labute approximate surface area is 44.5 Å². The molecule has 0 unspecified atom stereocenters. The maximum atomic E-state index is 8.36. The fourth-order valence-electron chi connectivity index (χ4n) is 0. The van der Waals surface area contributed by atoms with Gasteiger partial charge in [-0.15, -0.1) is 10.1 Å². The first-order valence-electron chi connectivity index (χ1n) is 0.565. The molecule has 0 aromatic carbocycles. The van der Waals surface area contributed by atoms with E-state index in [0.29, 0.717) is 0 Å². The molecule has 0 aromatic rings. The Kier molecular flexibility index (Phi) is 25.5. The van der Waals surface area contributed by atoms with Gasteiger partial charge in [0.2, 0.25) is 0 Å². The third-order valence-corrected chi connectivity index (χ3v) is 0. The minimum Gasteiger partial charge on any atom is -0.344 e. The van der Waals surface area contributed by atoms with Crippen LogP contribution in [0.2, 0.25) is 0 Å². The van der Waals surface area contributed by atoms with E-state index < -0.39 is 5.09 Å². The summed E-state index contributed by atoms with van der Waals surface area (Å²) in [6.07, 6.45) is 0. The van der Waals surface area contributed by atoms with Crippen LogP contribution in [0.4, 0.5) is 0 Å². The molecule has 0 fully saturated rings. The second-order valence-corrected chi connectivity index (χ2v) is 0.238. The molecule has 0 rings (SSSR count). The van der Waals surface area contributed by atoms with Crippen LogP contribution < -0.4 is 6.15 Å². The number of rotatable bonds is 0. The molecule has 5 nitrogen and oxygen atoms in total. The first kappa shape index (κ1) is 17.3. The Bertz CT molecular complexity index is 31.8. The van der Waals surface area contributed by atoms with Gasteiger partial charge in [-0.05, 0) is 0 Å². The normalized spacial score (nSPS) is 4.00. The molecule has 0 heterocycles. The Morgan fingerprint density at radius 3 is 1.67 bits per heavy atom. The van der Waals surface area contributed by atoms with E-state index in [-0.39, 0.29) is 23.2 Å². The van der Waals surface area contributed by atoms with Gasteiger partial charge in [-0.2, -0.15) is 0 Å². The van der Waals surface area contributed by atoms with Crippen molar-refractivity contribution in [3.63, 3.8) is 0 Å². The molecular formula is H4FeN2O3. The summed E-state index contributed by atoms with van der Waals surface area (Å²) < 4.78 is 0. The summed E-state index contributed by atoms with van der Waals surface area (Å²) in [5, 5.41) is 13.6. The summed E-state index contributed by atoms with van der Waals surface area (Å²) in [5.41, 5.74) is 0. The average molecular weight is 136 g/mol. The molecule has 0 spiro atoms. The van der Waals surface area contributed by atoms with Crippen molar-refractivity contribution in [1.29, 1.82) is 0 Å². The summed E-state index contributed by atoms with van der Waals surface area (Å²) in [5.74, 6) is 0. The van der Waals surface area contributed by atoms with Crippen LogP contribution in [-0.2, 0) is 17.1 Å². The van der Waals surface area contributed by atoms with Gasteiger partial charge in [0.05, 0.1) is 0 Å². The van der Waals surface area contributed by atoms with E-state index in [4.69, 9.17) is 15.3 Å². The van der Waals surface area contributed by atoms with Crippen molar-refractivity contribution in [3.05, 3.63) is 10.1 Å². The van der Waals surface area contributed by atoms with Crippen LogP contribution in [0.15, 0.2) is 0 Å². The summed E-state index contributed by atoms with van der Waals surface area (Å²) >= 11 is 0. The number of hydrogen-bond donors (Lipinski definition) is 2. The molecule has 0 aromatic heterocycles. The Morgan fingerprint density at radius 2 is 1.67 bits per heavy atom. The largest absolute Gasteiger partial charge is 0.344 e. The van der Waals surface area contributed by atoms with Crippen LogP contribution in [0.5, 0.6) is 0 Å². The maximum absolute atomic E-state index is 8.36. The molecule has 6 heteroatoms. The first-order valence-corrected chi connectivity index (χ1v) is 0.565. The zero-order valence-corrected chi connectivity index (χ0v) is 3.88. The van der Waals surface area contributed by atoms with Crippen molar-refractivity contribution >= 4 is 0 Å². The maximum Gasteiger partial charge on any atom is 0.291 e. The monoisotopic (exact) mass is 136 g/mol. The zero-order chi connectivity index (χ0) is 3.58. The summed E-state index contributed by atoms with van der Waals surface area (Å²) in [6, 6.07) is 0. The van der Waals surface area contributed by atoms with Crippen molar-refractivity contribution in [2.24, 2.45) is 0 Å². The van der Waals surface area contributed by atoms with E-state index in [1.54, 1.807) is 0 Å². The Morgan fingerprint density at radius 1 is 1.67 bits per heavy atom. The van der Waals surface area contributed by atoms with Crippen molar-refractivity contribution in [1.82, 2.24) is 6.15 Å². The fraction of sp³-hybridized carbons (Fsp3) is 0. The standard InChI is InChI=1S/Fe.HNO3.H3N/c;2-1(3)4;/h;(H,2,3,4);1H3. The van der Waals surface area contributed by atoms with Gasteiger partial charge in [0.1, 0.15) is 0 Å². The van der Waals surface area contributed by atoms with E-state index in [1.165, 1.54) is 0 Å². The third-order valence-electron chi connectivity index (χ3n) is 0. The molecule has 6 heavy (non-hydrogen) atoms. The predicted octanol–water partition coefficient (Wildman–Crippen LogP) is -0.188. The number of nitrogens with zero attached hydrogens (tertiary/aromatic N) is 1. The summed E-state index contributed by atoms with van der Waals surface area (Å²) in [7, 11) is 0. The molecule has 0 aliphatic rings. The van der Waals surface area contributed by atoms with Gasteiger partial charge in [0.15, 0.2) is 0 Å². The molecule has 4 N–H and O–H groups in total. The minimum absolute atomic E-state index is 0. The second kappa shape index (κ2) is 8.82. The van der Waals surface area contributed by atoms with Gasteiger partial charge in [0, 0.05) is 17.1 Å². The van der Waals surface area contributed by atoms with Crippen LogP contribution in [0.3, 0.4) is 0 Å². The van der Waals surface area contributed by atoms with Crippen molar-refractivity contribution in [2.75, 3.05) is 0 Å². The van der Waals surface area contributed by atoms with Gasteiger partial charge in [-0.25, -0.2) is 0 Å². The molecule has 0 bridgehead atoms. The SMILES string of the molecule is N.O=[N+]([O-])O.[Fe]. The first-order chi connectivity index (χ1) is 1.73. The van der Waals surface area contributed by atoms with E-state index in [2.05, 4.69) is 0 Å². The van der Waals surface area contributed by atoms with Crippen LogP contribution in [-0.4, -0.2) is 10.3 Å². The van der Waals surface area contributed by atoms with Gasteiger partial charge >= 0.3 is 0 Å². The molecule has 0 amide bonds. The Balaban J connectivity index is -0.0000000450. The molecule has 0 radical (unpaired) electrons. The van der Waals surface area contributed by atoms with E-state index in [9.17, 15) is 0 Å². The van der Waals surface area contributed by atoms with Crippen molar-refractivity contribution in [3.8, 4) is 0 Å². The zero-order valence-electron chi connectivity index (χ0n) is 2.77. The smallest absolute Gasteiger partial charge is 0.291 e. The molecule has 40 valence electrons. The van der Waals surface area contributed by atoms with E-state index >= 15 is 0 Å². The van der Waals surface area contributed by atoms with Crippen molar-refractivity contribution in [2.45, 2.75) is 0 Å². The second-order valence-electron chi connectivity index (χ2n) is 0.238. The molecule has 0 aliphatic carbocycles. The predicted molar refractivity (Wildman–Crippen MR) is 13.8 cm³/mol. The van der Waals surface area contributed by atoms with Crippen LogP contribution in [0.1, 0.15) is 0 Å². The average Bonchev–Trinajstić information content (AvgIpc) is 0.811.